The Kier molecular flexibility index (Phi) is 6.25. The lowest BCUT2D eigenvalue weighted by atomic mass is 10.1. The summed E-state index contributed by atoms with van der Waals surface area (Å²) in [7, 11) is -3.40. The van der Waals surface area contributed by atoms with E-state index in [1.54, 1.807) is 35.9 Å². The van der Waals surface area contributed by atoms with E-state index in [2.05, 4.69) is 15.0 Å². The molecule has 1 amide bonds. The van der Waals surface area contributed by atoms with E-state index in [1.165, 1.54) is 0 Å². The zero-order valence-corrected chi connectivity index (χ0v) is 20.8. The van der Waals surface area contributed by atoms with Crippen LogP contribution in [0.4, 0.5) is 17.3 Å². The number of nitrogens with two attached hydrogens (primary N) is 1. The van der Waals surface area contributed by atoms with Crippen LogP contribution in [0, 0.1) is 0 Å². The molecular formula is C25H28N6O3S. The molecule has 0 unspecified atom stereocenters. The maximum absolute atomic E-state index is 12.7. The van der Waals surface area contributed by atoms with E-state index in [0.29, 0.717) is 28.6 Å². The number of amides is 1. The summed E-state index contributed by atoms with van der Waals surface area (Å²) in [5.74, 6) is 0.301. The van der Waals surface area contributed by atoms with Gasteiger partial charge in [0.25, 0.3) is 5.91 Å². The fourth-order valence-corrected chi connectivity index (χ4v) is 4.30. The molecule has 0 saturated carbocycles. The number of sulfonamides is 1. The van der Waals surface area contributed by atoms with Gasteiger partial charge in [0, 0.05) is 16.6 Å². The average molecular weight is 493 g/mol. The topological polar surface area (TPSA) is 132 Å². The molecule has 0 aliphatic carbocycles. The quantitative estimate of drug-likeness (QED) is 0.349. The normalized spacial score (nSPS) is 12.0. The molecule has 4 aromatic rings. The van der Waals surface area contributed by atoms with Gasteiger partial charge < -0.3 is 11.1 Å². The standard InChI is InChI=1S/C25H28N6O3S/c1-5-35(33,34)30-18-13-10-17(11-14-18)22-21(23(26)32)24(31(29-22)25(2,3)4)28-20-15-12-16-8-6-7-9-19(16)27-20/h6-15,30H,5H2,1-4H3,(H2,26,32)(H,27,28). The third kappa shape index (κ3) is 5.12. The van der Waals surface area contributed by atoms with E-state index in [0.717, 1.165) is 10.9 Å². The van der Waals surface area contributed by atoms with Crippen molar-refractivity contribution in [1.82, 2.24) is 14.8 Å². The molecule has 0 fully saturated rings. The van der Waals surface area contributed by atoms with Crippen LogP contribution in [0.1, 0.15) is 38.1 Å². The summed E-state index contributed by atoms with van der Waals surface area (Å²) >= 11 is 0. The molecule has 2 heterocycles. The summed E-state index contributed by atoms with van der Waals surface area (Å²) in [6.45, 7) is 7.47. The predicted molar refractivity (Wildman–Crippen MR) is 139 cm³/mol. The van der Waals surface area contributed by atoms with Crippen molar-refractivity contribution in [1.29, 1.82) is 0 Å². The average Bonchev–Trinajstić information content (AvgIpc) is 3.19. The van der Waals surface area contributed by atoms with Crippen LogP contribution in [0.15, 0.2) is 60.7 Å². The van der Waals surface area contributed by atoms with Crippen LogP contribution in [-0.2, 0) is 15.6 Å². The number of anilines is 3. The number of fused-ring (bicyclic) bond motifs is 1. The number of nitrogens with zero attached hydrogens (tertiary/aromatic N) is 3. The largest absolute Gasteiger partial charge is 0.365 e. The van der Waals surface area contributed by atoms with E-state index in [9.17, 15) is 13.2 Å². The van der Waals surface area contributed by atoms with Crippen LogP contribution in [0.5, 0.6) is 0 Å². The van der Waals surface area contributed by atoms with Crippen LogP contribution < -0.4 is 15.8 Å². The number of pyridine rings is 1. The Morgan fingerprint density at radius 3 is 2.34 bits per heavy atom. The minimum absolute atomic E-state index is 0.0333. The first-order valence-corrected chi connectivity index (χ1v) is 12.8. The first kappa shape index (κ1) is 24.2. The van der Waals surface area contributed by atoms with E-state index in [4.69, 9.17) is 10.8 Å². The number of benzene rings is 2. The Morgan fingerprint density at radius 2 is 1.71 bits per heavy atom. The monoisotopic (exact) mass is 492 g/mol. The summed E-state index contributed by atoms with van der Waals surface area (Å²) in [4.78, 5) is 17.3. The Balaban J connectivity index is 1.81. The van der Waals surface area contributed by atoms with Crippen LogP contribution in [0.2, 0.25) is 0 Å². The summed E-state index contributed by atoms with van der Waals surface area (Å²) < 4.78 is 28.0. The molecule has 0 saturated heterocycles. The SMILES string of the molecule is CCS(=O)(=O)Nc1ccc(-c2nn(C(C)(C)C)c(Nc3ccc4ccccc4n3)c2C(N)=O)cc1. The number of carbonyl (C=O) groups is 1. The molecule has 4 rings (SSSR count). The Bertz CT molecular complexity index is 1500. The van der Waals surface area contributed by atoms with Gasteiger partial charge in [-0.15, -0.1) is 0 Å². The van der Waals surface area contributed by atoms with Gasteiger partial charge in [-0.2, -0.15) is 5.10 Å². The molecule has 0 radical (unpaired) electrons. The first-order valence-electron chi connectivity index (χ1n) is 11.2. The van der Waals surface area contributed by atoms with Crippen molar-refractivity contribution in [2.24, 2.45) is 5.73 Å². The number of rotatable bonds is 7. The summed E-state index contributed by atoms with van der Waals surface area (Å²) in [6, 6.07) is 18.2. The highest BCUT2D eigenvalue weighted by Gasteiger charge is 2.29. The van der Waals surface area contributed by atoms with Crippen molar-refractivity contribution in [3.8, 4) is 11.3 Å². The fraction of sp³-hybridized carbons (Fsp3) is 0.240. The molecule has 10 heteroatoms. The lowest BCUT2D eigenvalue weighted by Crippen LogP contribution is -2.25. The second kappa shape index (κ2) is 9.03. The van der Waals surface area contributed by atoms with Crippen molar-refractivity contribution in [2.45, 2.75) is 33.2 Å². The van der Waals surface area contributed by atoms with Crippen LogP contribution in [-0.4, -0.2) is 34.8 Å². The van der Waals surface area contributed by atoms with Gasteiger partial charge in [-0.3, -0.25) is 9.52 Å². The van der Waals surface area contributed by atoms with Crippen molar-refractivity contribution in [3.63, 3.8) is 0 Å². The molecule has 0 aliphatic heterocycles. The maximum Gasteiger partial charge on any atom is 0.254 e. The third-order valence-corrected chi connectivity index (χ3v) is 6.73. The molecular weight excluding hydrogens is 464 g/mol. The van der Waals surface area contributed by atoms with Crippen molar-refractivity contribution >= 4 is 44.2 Å². The summed E-state index contributed by atoms with van der Waals surface area (Å²) in [6.07, 6.45) is 0. The second-order valence-electron chi connectivity index (χ2n) is 9.12. The van der Waals surface area contributed by atoms with Crippen LogP contribution >= 0.6 is 0 Å². The summed E-state index contributed by atoms with van der Waals surface area (Å²) in [5, 5.41) is 8.99. The minimum atomic E-state index is -3.40. The molecule has 2 aromatic carbocycles. The molecule has 0 spiro atoms. The van der Waals surface area contributed by atoms with Gasteiger partial charge in [-0.25, -0.2) is 18.1 Å². The van der Waals surface area contributed by atoms with Crippen LogP contribution in [0.3, 0.4) is 0 Å². The highest BCUT2D eigenvalue weighted by Crippen LogP contribution is 2.35. The number of carbonyl (C=O) groups excluding carboxylic acids is 1. The van der Waals surface area contributed by atoms with Gasteiger partial charge in [0.1, 0.15) is 22.9 Å². The van der Waals surface area contributed by atoms with E-state index >= 15 is 0 Å². The van der Waals surface area contributed by atoms with Gasteiger partial charge in [-0.05, 0) is 58.0 Å². The lowest BCUT2D eigenvalue weighted by molar-refractivity contribution is 0.100. The lowest BCUT2D eigenvalue weighted by Gasteiger charge is -2.23. The highest BCUT2D eigenvalue weighted by molar-refractivity contribution is 7.92. The zero-order chi connectivity index (χ0) is 25.4. The Hall–Kier alpha value is -3.92. The van der Waals surface area contributed by atoms with E-state index < -0.39 is 21.5 Å². The molecule has 35 heavy (non-hydrogen) atoms. The third-order valence-electron chi connectivity index (χ3n) is 5.42. The number of nitrogens with one attached hydrogen (secondary N) is 2. The molecule has 2 aromatic heterocycles. The van der Waals surface area contributed by atoms with Gasteiger partial charge in [0.2, 0.25) is 10.0 Å². The fourth-order valence-electron chi connectivity index (χ4n) is 3.66. The predicted octanol–water partition coefficient (Wildman–Crippen LogP) is 4.46. The van der Waals surface area contributed by atoms with Gasteiger partial charge in [0.15, 0.2) is 0 Å². The minimum Gasteiger partial charge on any atom is -0.365 e. The first-order chi connectivity index (χ1) is 16.5. The Labute approximate surface area is 204 Å². The number of para-hydroxylation sites is 1. The molecule has 182 valence electrons. The number of hydrogen-bond acceptors (Lipinski definition) is 6. The molecule has 4 N–H and O–H groups in total. The number of hydrogen-bond donors (Lipinski definition) is 3. The maximum atomic E-state index is 12.7. The van der Waals surface area contributed by atoms with E-state index in [-0.39, 0.29) is 11.3 Å². The molecule has 9 nitrogen and oxygen atoms in total. The smallest absolute Gasteiger partial charge is 0.254 e. The Morgan fingerprint density at radius 1 is 1.03 bits per heavy atom. The van der Waals surface area contributed by atoms with Crippen molar-refractivity contribution in [2.75, 3.05) is 15.8 Å². The van der Waals surface area contributed by atoms with Crippen LogP contribution in [0.25, 0.3) is 22.2 Å². The van der Waals surface area contributed by atoms with Gasteiger partial charge >= 0.3 is 0 Å². The number of aromatic nitrogens is 3. The van der Waals surface area contributed by atoms with E-state index in [1.807, 2.05) is 57.2 Å². The van der Waals surface area contributed by atoms with Crippen molar-refractivity contribution in [3.05, 3.63) is 66.2 Å². The summed E-state index contributed by atoms with van der Waals surface area (Å²) in [5.41, 5.74) is 7.81. The zero-order valence-electron chi connectivity index (χ0n) is 20.0. The number of primary amides is 1. The molecule has 0 aliphatic rings. The second-order valence-corrected chi connectivity index (χ2v) is 11.1. The highest BCUT2D eigenvalue weighted by atomic mass is 32.2. The van der Waals surface area contributed by atoms with Crippen molar-refractivity contribution < 1.29 is 13.2 Å². The molecule has 0 bridgehead atoms. The molecule has 0 atom stereocenters. The van der Waals surface area contributed by atoms with Gasteiger partial charge in [-0.1, -0.05) is 30.3 Å². The van der Waals surface area contributed by atoms with Gasteiger partial charge in [0.05, 0.1) is 16.8 Å².